The maximum Gasteiger partial charge on any atom is 0.323 e. The highest BCUT2D eigenvalue weighted by Crippen LogP contribution is 2.24. The molecule has 0 spiro atoms. The molecular formula is C17H15N3OS2. The highest BCUT2D eigenvalue weighted by atomic mass is 32.1. The Morgan fingerprint density at radius 1 is 1.04 bits per heavy atom. The topological polar surface area (TPSA) is 46.1 Å². The third kappa shape index (κ3) is 3.49. The van der Waals surface area contributed by atoms with Crippen LogP contribution in [0.4, 0.5) is 16.2 Å². The average Bonchev–Trinajstić information content (AvgIpc) is 2.88. The SMILES string of the molecule is Cc1csc(=S)n1-c1ccccc1NC(=O)Nc1ccccc1. The zero-order valence-corrected chi connectivity index (χ0v) is 14.1. The predicted molar refractivity (Wildman–Crippen MR) is 98.3 cm³/mol. The Bertz CT molecular complexity index is 884. The van der Waals surface area contributed by atoms with Crippen LogP contribution in [-0.4, -0.2) is 10.6 Å². The number of benzene rings is 2. The molecule has 0 radical (unpaired) electrons. The van der Waals surface area contributed by atoms with E-state index in [1.807, 2.05) is 71.5 Å². The molecule has 0 aliphatic heterocycles. The van der Waals surface area contributed by atoms with E-state index in [1.165, 1.54) is 11.3 Å². The number of thiazole rings is 1. The second-order valence-corrected chi connectivity index (χ2v) is 6.44. The van der Waals surface area contributed by atoms with Crippen LogP contribution in [0, 0.1) is 10.9 Å². The molecule has 116 valence electrons. The molecule has 1 aromatic heterocycles. The molecule has 0 aliphatic rings. The first-order chi connectivity index (χ1) is 11.1. The third-order valence-electron chi connectivity index (χ3n) is 3.29. The van der Waals surface area contributed by atoms with Crippen LogP contribution in [0.3, 0.4) is 0 Å². The summed E-state index contributed by atoms with van der Waals surface area (Å²) in [5.74, 6) is 0. The van der Waals surface area contributed by atoms with Gasteiger partial charge < -0.3 is 10.6 Å². The summed E-state index contributed by atoms with van der Waals surface area (Å²) in [6, 6.07) is 16.6. The normalized spacial score (nSPS) is 10.3. The molecule has 0 bridgehead atoms. The van der Waals surface area contributed by atoms with Gasteiger partial charge in [-0.2, -0.15) is 0 Å². The van der Waals surface area contributed by atoms with Crippen LogP contribution < -0.4 is 10.6 Å². The maximum absolute atomic E-state index is 12.2. The summed E-state index contributed by atoms with van der Waals surface area (Å²) in [6.45, 7) is 1.99. The molecule has 2 amide bonds. The number of hydrogen-bond donors (Lipinski definition) is 2. The van der Waals surface area contributed by atoms with Gasteiger partial charge in [0.15, 0.2) is 3.95 Å². The summed E-state index contributed by atoms with van der Waals surface area (Å²) < 4.78 is 2.71. The van der Waals surface area contributed by atoms with Crippen LogP contribution in [-0.2, 0) is 0 Å². The number of anilines is 2. The number of rotatable bonds is 3. The Balaban J connectivity index is 1.87. The summed E-state index contributed by atoms with van der Waals surface area (Å²) >= 11 is 6.89. The number of aryl methyl sites for hydroxylation is 1. The van der Waals surface area contributed by atoms with Gasteiger partial charge in [0.25, 0.3) is 0 Å². The van der Waals surface area contributed by atoms with Crippen LogP contribution in [0.2, 0.25) is 0 Å². The second-order valence-electron chi connectivity index (χ2n) is 4.94. The quantitative estimate of drug-likeness (QED) is 0.642. The molecule has 3 rings (SSSR count). The summed E-state index contributed by atoms with van der Waals surface area (Å²) in [7, 11) is 0. The van der Waals surface area contributed by atoms with Gasteiger partial charge in [0, 0.05) is 16.8 Å². The van der Waals surface area contributed by atoms with Crippen molar-refractivity contribution in [3.05, 3.63) is 69.6 Å². The minimum Gasteiger partial charge on any atom is -0.308 e. The molecule has 6 heteroatoms. The molecule has 3 aromatic rings. The van der Waals surface area contributed by atoms with E-state index in [-0.39, 0.29) is 6.03 Å². The lowest BCUT2D eigenvalue weighted by atomic mass is 10.2. The van der Waals surface area contributed by atoms with E-state index in [0.717, 1.165) is 21.0 Å². The fourth-order valence-corrected chi connectivity index (χ4v) is 3.37. The Morgan fingerprint density at radius 3 is 2.43 bits per heavy atom. The molecular weight excluding hydrogens is 326 g/mol. The number of nitrogens with zero attached hydrogens (tertiary/aromatic N) is 1. The Hall–Kier alpha value is -2.44. The fraction of sp³-hybridized carbons (Fsp3) is 0.0588. The first-order valence-corrected chi connectivity index (χ1v) is 8.33. The van der Waals surface area contributed by atoms with Crippen molar-refractivity contribution in [3.8, 4) is 5.69 Å². The number of carbonyl (C=O) groups is 1. The number of para-hydroxylation sites is 3. The molecule has 0 fully saturated rings. The molecule has 23 heavy (non-hydrogen) atoms. The van der Waals surface area contributed by atoms with E-state index in [0.29, 0.717) is 5.69 Å². The van der Waals surface area contributed by atoms with Gasteiger partial charge in [-0.05, 0) is 43.4 Å². The monoisotopic (exact) mass is 341 g/mol. The number of nitrogens with one attached hydrogen (secondary N) is 2. The fourth-order valence-electron chi connectivity index (χ4n) is 2.25. The largest absolute Gasteiger partial charge is 0.323 e. The van der Waals surface area contributed by atoms with Crippen LogP contribution in [0.5, 0.6) is 0 Å². The molecule has 4 nitrogen and oxygen atoms in total. The zero-order chi connectivity index (χ0) is 16.2. The van der Waals surface area contributed by atoms with E-state index >= 15 is 0 Å². The lowest BCUT2D eigenvalue weighted by molar-refractivity contribution is 0.262. The van der Waals surface area contributed by atoms with Crippen LogP contribution >= 0.6 is 23.6 Å². The van der Waals surface area contributed by atoms with Crippen molar-refractivity contribution < 1.29 is 4.79 Å². The van der Waals surface area contributed by atoms with Crippen molar-refractivity contribution >= 4 is 41.0 Å². The average molecular weight is 341 g/mol. The second kappa shape index (κ2) is 6.76. The lowest BCUT2D eigenvalue weighted by Crippen LogP contribution is -2.20. The summed E-state index contributed by atoms with van der Waals surface area (Å²) in [4.78, 5) is 12.2. The number of urea groups is 1. The molecule has 2 aromatic carbocycles. The number of hydrogen-bond acceptors (Lipinski definition) is 3. The van der Waals surface area contributed by atoms with Crippen LogP contribution in [0.15, 0.2) is 60.0 Å². The Kier molecular flexibility index (Phi) is 4.55. The van der Waals surface area contributed by atoms with Crippen LogP contribution in [0.25, 0.3) is 5.69 Å². The van der Waals surface area contributed by atoms with Crippen molar-refractivity contribution in [1.82, 2.24) is 4.57 Å². The molecule has 0 unspecified atom stereocenters. The minimum absolute atomic E-state index is 0.289. The molecule has 0 atom stereocenters. The molecule has 2 N–H and O–H groups in total. The van der Waals surface area contributed by atoms with Crippen LogP contribution in [0.1, 0.15) is 5.69 Å². The van der Waals surface area contributed by atoms with Gasteiger partial charge in [-0.15, -0.1) is 11.3 Å². The van der Waals surface area contributed by atoms with E-state index in [1.54, 1.807) is 0 Å². The van der Waals surface area contributed by atoms with Gasteiger partial charge >= 0.3 is 6.03 Å². The van der Waals surface area contributed by atoms with E-state index in [4.69, 9.17) is 12.2 Å². The van der Waals surface area contributed by atoms with Gasteiger partial charge in [-0.25, -0.2) is 4.79 Å². The zero-order valence-electron chi connectivity index (χ0n) is 12.4. The lowest BCUT2D eigenvalue weighted by Gasteiger charge is -2.14. The van der Waals surface area contributed by atoms with E-state index in [2.05, 4.69) is 10.6 Å². The highest BCUT2D eigenvalue weighted by Gasteiger charge is 2.10. The van der Waals surface area contributed by atoms with E-state index < -0.39 is 0 Å². The summed E-state index contributed by atoms with van der Waals surface area (Å²) in [5, 5.41) is 7.70. The van der Waals surface area contributed by atoms with Gasteiger partial charge in [0.2, 0.25) is 0 Å². The molecule has 0 saturated heterocycles. The van der Waals surface area contributed by atoms with Crippen molar-refractivity contribution in [2.24, 2.45) is 0 Å². The molecule has 0 aliphatic carbocycles. The smallest absolute Gasteiger partial charge is 0.308 e. The van der Waals surface area contributed by atoms with Crippen molar-refractivity contribution in [1.29, 1.82) is 0 Å². The van der Waals surface area contributed by atoms with Crippen molar-refractivity contribution in [3.63, 3.8) is 0 Å². The summed E-state index contributed by atoms with van der Waals surface area (Å²) in [5.41, 5.74) is 3.35. The van der Waals surface area contributed by atoms with Crippen molar-refractivity contribution in [2.45, 2.75) is 6.92 Å². The highest BCUT2D eigenvalue weighted by molar-refractivity contribution is 7.73. The van der Waals surface area contributed by atoms with Gasteiger partial charge in [0.1, 0.15) is 0 Å². The van der Waals surface area contributed by atoms with Gasteiger partial charge in [-0.1, -0.05) is 30.3 Å². The number of carbonyl (C=O) groups excluding carboxylic acids is 1. The molecule has 0 saturated carbocycles. The first kappa shape index (κ1) is 15.5. The van der Waals surface area contributed by atoms with Crippen molar-refractivity contribution in [2.75, 3.05) is 10.6 Å². The Morgan fingerprint density at radius 2 is 1.74 bits per heavy atom. The van der Waals surface area contributed by atoms with Gasteiger partial charge in [-0.3, -0.25) is 4.57 Å². The summed E-state index contributed by atoms with van der Waals surface area (Å²) in [6.07, 6.45) is 0. The maximum atomic E-state index is 12.2. The molecule has 1 heterocycles. The standard InChI is InChI=1S/C17H15N3OS2/c1-12-11-23-17(22)20(12)15-10-6-5-9-14(15)19-16(21)18-13-7-3-2-4-8-13/h2-11H,1H3,(H2,18,19,21). The first-order valence-electron chi connectivity index (χ1n) is 7.05. The number of amides is 2. The predicted octanol–water partition coefficient (Wildman–Crippen LogP) is 5.22. The minimum atomic E-state index is -0.289. The third-order valence-corrected chi connectivity index (χ3v) is 4.60. The Labute approximate surface area is 143 Å². The van der Waals surface area contributed by atoms with Gasteiger partial charge in [0.05, 0.1) is 11.4 Å². The van der Waals surface area contributed by atoms with E-state index in [9.17, 15) is 4.79 Å². The number of aromatic nitrogens is 1.